The summed E-state index contributed by atoms with van der Waals surface area (Å²) >= 11 is 0. The molecule has 1 saturated heterocycles. The number of carboxylic acid groups (broad SMARTS) is 1. The number of likely N-dealkylation sites (tertiary alicyclic amines) is 1. The van der Waals surface area contributed by atoms with Gasteiger partial charge >= 0.3 is 6.09 Å². The number of piperidine rings is 1. The maximum Gasteiger partial charge on any atom is 0.404 e. The number of hydrogen-bond acceptors (Lipinski definition) is 2. The van der Waals surface area contributed by atoms with Crippen LogP contribution in [-0.4, -0.2) is 41.1 Å². The molecule has 1 heterocycles. The zero-order valence-electron chi connectivity index (χ0n) is 10.9. The van der Waals surface area contributed by atoms with E-state index < -0.39 is 6.09 Å². The summed E-state index contributed by atoms with van der Waals surface area (Å²) in [6.45, 7) is 4.02. The Labute approximate surface area is 108 Å². The van der Waals surface area contributed by atoms with Crippen molar-refractivity contribution in [2.24, 2.45) is 11.8 Å². The fourth-order valence-corrected chi connectivity index (χ4v) is 2.83. The van der Waals surface area contributed by atoms with Gasteiger partial charge in [0.1, 0.15) is 0 Å². The van der Waals surface area contributed by atoms with Gasteiger partial charge in [-0.15, -0.1) is 0 Å². The molecule has 0 bridgehead atoms. The third-order valence-corrected chi connectivity index (χ3v) is 4.16. The van der Waals surface area contributed by atoms with Crippen LogP contribution in [0.3, 0.4) is 0 Å². The molecule has 0 aromatic heterocycles. The molecule has 0 unspecified atom stereocenters. The van der Waals surface area contributed by atoms with Gasteiger partial charge < -0.3 is 15.3 Å². The molecule has 2 N–H and O–H groups in total. The van der Waals surface area contributed by atoms with Gasteiger partial charge in [-0.05, 0) is 37.5 Å². The minimum absolute atomic E-state index is 0.0571. The highest BCUT2D eigenvalue weighted by atomic mass is 16.4. The highest BCUT2D eigenvalue weighted by molar-refractivity contribution is 5.76. The lowest BCUT2D eigenvalue weighted by molar-refractivity contribution is -0.134. The van der Waals surface area contributed by atoms with Gasteiger partial charge in [0, 0.05) is 25.6 Å². The van der Waals surface area contributed by atoms with E-state index in [0.717, 1.165) is 44.7 Å². The average Bonchev–Trinajstić information content (AvgIpc) is 2.26. The van der Waals surface area contributed by atoms with E-state index in [1.165, 1.54) is 0 Å². The molecule has 5 nitrogen and oxygen atoms in total. The second-order valence-corrected chi connectivity index (χ2v) is 5.75. The second-order valence-electron chi connectivity index (χ2n) is 5.75. The molecule has 0 aromatic carbocycles. The van der Waals surface area contributed by atoms with Crippen molar-refractivity contribution < 1.29 is 14.7 Å². The number of amides is 2. The van der Waals surface area contributed by atoms with Gasteiger partial charge in [-0.3, -0.25) is 4.79 Å². The normalized spacial score (nSPS) is 28.6. The molecule has 1 aliphatic carbocycles. The first-order valence-corrected chi connectivity index (χ1v) is 6.82. The number of nitrogens with zero attached hydrogens (tertiary/aromatic N) is 1. The predicted octanol–water partition coefficient (Wildman–Crippen LogP) is 1.68. The summed E-state index contributed by atoms with van der Waals surface area (Å²) in [6.07, 6.45) is 3.46. The van der Waals surface area contributed by atoms with Gasteiger partial charge in [0.2, 0.25) is 5.91 Å². The molecule has 18 heavy (non-hydrogen) atoms. The predicted molar refractivity (Wildman–Crippen MR) is 67.3 cm³/mol. The van der Waals surface area contributed by atoms with Crippen LogP contribution in [0.25, 0.3) is 0 Å². The van der Waals surface area contributed by atoms with Crippen LogP contribution in [0.15, 0.2) is 0 Å². The first kappa shape index (κ1) is 13.2. The number of hydrogen-bond donors (Lipinski definition) is 2. The Morgan fingerprint density at radius 1 is 1.28 bits per heavy atom. The van der Waals surface area contributed by atoms with Crippen LogP contribution >= 0.6 is 0 Å². The van der Waals surface area contributed by atoms with Crippen LogP contribution in [0.1, 0.15) is 39.0 Å². The summed E-state index contributed by atoms with van der Waals surface area (Å²) in [5, 5.41) is 11.0. The molecule has 2 fully saturated rings. The van der Waals surface area contributed by atoms with E-state index in [9.17, 15) is 9.59 Å². The Bertz CT molecular complexity index is 318. The van der Waals surface area contributed by atoms with Crippen molar-refractivity contribution in [2.45, 2.75) is 45.1 Å². The van der Waals surface area contributed by atoms with Crippen LogP contribution < -0.4 is 5.32 Å². The fraction of sp³-hybridized carbons (Fsp3) is 0.846. The standard InChI is InChI=1S/C13H22N2O3/c1-9-2-4-15(5-3-9)12(16)8-10-6-11(7-10)14-13(17)18/h9-11,14H,2-8H2,1H3,(H,17,18). The Morgan fingerprint density at radius 3 is 2.44 bits per heavy atom. The molecular formula is C13H22N2O3. The van der Waals surface area contributed by atoms with E-state index in [4.69, 9.17) is 5.11 Å². The topological polar surface area (TPSA) is 69.6 Å². The van der Waals surface area contributed by atoms with E-state index in [0.29, 0.717) is 12.3 Å². The number of rotatable bonds is 3. The monoisotopic (exact) mass is 254 g/mol. The Balaban J connectivity index is 1.65. The van der Waals surface area contributed by atoms with Gasteiger partial charge in [0.25, 0.3) is 0 Å². The van der Waals surface area contributed by atoms with Crippen LogP contribution in [0.2, 0.25) is 0 Å². The Kier molecular flexibility index (Phi) is 4.09. The van der Waals surface area contributed by atoms with Crippen molar-refractivity contribution in [3.8, 4) is 0 Å². The quantitative estimate of drug-likeness (QED) is 0.805. The maximum atomic E-state index is 12.0. The number of carbonyl (C=O) groups excluding carboxylic acids is 1. The third-order valence-electron chi connectivity index (χ3n) is 4.16. The molecule has 2 amide bonds. The molecule has 1 aliphatic heterocycles. The summed E-state index contributed by atoms with van der Waals surface area (Å²) in [4.78, 5) is 24.4. The summed E-state index contributed by atoms with van der Waals surface area (Å²) in [7, 11) is 0. The molecule has 102 valence electrons. The zero-order valence-corrected chi connectivity index (χ0v) is 10.9. The lowest BCUT2D eigenvalue weighted by Gasteiger charge is -2.37. The second kappa shape index (κ2) is 5.59. The van der Waals surface area contributed by atoms with E-state index in [1.54, 1.807) is 0 Å². The third kappa shape index (κ3) is 3.37. The average molecular weight is 254 g/mol. The number of nitrogens with one attached hydrogen (secondary N) is 1. The van der Waals surface area contributed by atoms with Crippen LogP contribution in [0.5, 0.6) is 0 Å². The molecule has 0 aromatic rings. The minimum atomic E-state index is -0.963. The minimum Gasteiger partial charge on any atom is -0.465 e. The van der Waals surface area contributed by atoms with Crippen molar-refractivity contribution >= 4 is 12.0 Å². The van der Waals surface area contributed by atoms with Crippen LogP contribution in [0.4, 0.5) is 4.79 Å². The van der Waals surface area contributed by atoms with Crippen molar-refractivity contribution in [1.29, 1.82) is 0 Å². The molecule has 2 aliphatic rings. The van der Waals surface area contributed by atoms with Crippen molar-refractivity contribution in [2.75, 3.05) is 13.1 Å². The lowest BCUT2D eigenvalue weighted by Crippen LogP contribution is -2.46. The first-order chi connectivity index (χ1) is 8.54. The van der Waals surface area contributed by atoms with Crippen molar-refractivity contribution in [3.05, 3.63) is 0 Å². The summed E-state index contributed by atoms with van der Waals surface area (Å²) < 4.78 is 0. The number of carbonyl (C=O) groups is 2. The highest BCUT2D eigenvalue weighted by Gasteiger charge is 2.33. The van der Waals surface area contributed by atoms with E-state index in [-0.39, 0.29) is 11.9 Å². The van der Waals surface area contributed by atoms with Gasteiger partial charge in [0.05, 0.1) is 0 Å². The van der Waals surface area contributed by atoms with Gasteiger partial charge in [-0.2, -0.15) is 0 Å². The first-order valence-electron chi connectivity index (χ1n) is 6.82. The molecule has 1 saturated carbocycles. The summed E-state index contributed by atoms with van der Waals surface area (Å²) in [5.41, 5.74) is 0. The van der Waals surface area contributed by atoms with Gasteiger partial charge in [-0.1, -0.05) is 6.92 Å². The molecule has 5 heteroatoms. The van der Waals surface area contributed by atoms with Crippen molar-refractivity contribution in [3.63, 3.8) is 0 Å². The summed E-state index contributed by atoms with van der Waals surface area (Å²) in [6, 6.07) is 0.0571. The molecule has 0 spiro atoms. The van der Waals surface area contributed by atoms with Crippen LogP contribution in [-0.2, 0) is 4.79 Å². The molecule has 0 radical (unpaired) electrons. The van der Waals surface area contributed by atoms with Crippen molar-refractivity contribution in [1.82, 2.24) is 10.2 Å². The molecule has 2 rings (SSSR count). The van der Waals surface area contributed by atoms with E-state index in [2.05, 4.69) is 12.2 Å². The van der Waals surface area contributed by atoms with Gasteiger partial charge in [0.15, 0.2) is 0 Å². The van der Waals surface area contributed by atoms with E-state index in [1.807, 2.05) is 4.90 Å². The molecule has 0 atom stereocenters. The highest BCUT2D eigenvalue weighted by Crippen LogP contribution is 2.31. The van der Waals surface area contributed by atoms with Gasteiger partial charge in [-0.25, -0.2) is 4.79 Å². The largest absolute Gasteiger partial charge is 0.465 e. The Hall–Kier alpha value is -1.26. The van der Waals surface area contributed by atoms with Crippen LogP contribution in [0, 0.1) is 11.8 Å². The van der Waals surface area contributed by atoms with E-state index >= 15 is 0 Å². The fourth-order valence-electron chi connectivity index (χ4n) is 2.83. The summed E-state index contributed by atoms with van der Waals surface area (Å²) in [5.74, 6) is 1.36. The molecular weight excluding hydrogens is 232 g/mol. The maximum absolute atomic E-state index is 12.0. The Morgan fingerprint density at radius 2 is 1.89 bits per heavy atom. The zero-order chi connectivity index (χ0) is 13.1. The smallest absolute Gasteiger partial charge is 0.404 e. The lowest BCUT2D eigenvalue weighted by atomic mass is 9.78. The SMILES string of the molecule is CC1CCN(C(=O)CC2CC(NC(=O)O)C2)CC1.